The topological polar surface area (TPSA) is 58.3 Å². The highest BCUT2D eigenvalue weighted by molar-refractivity contribution is 4.91. The molecule has 0 amide bonds. The highest BCUT2D eigenvalue weighted by Crippen LogP contribution is 2.00. The number of hydrogen-bond acceptors (Lipinski definition) is 4. The van der Waals surface area contributed by atoms with Crippen LogP contribution in [0.5, 0.6) is 0 Å². The minimum atomic E-state index is 0.146. The average molecular weight is 156 g/mol. The van der Waals surface area contributed by atoms with Gasteiger partial charge in [0.05, 0.1) is 19.3 Å². The van der Waals surface area contributed by atoms with Gasteiger partial charge in [0.1, 0.15) is 5.76 Å². The van der Waals surface area contributed by atoms with Gasteiger partial charge in [0.2, 0.25) is 0 Å². The molecule has 0 aliphatic heterocycles. The molecule has 0 aliphatic carbocycles. The van der Waals surface area contributed by atoms with Crippen LogP contribution in [0.15, 0.2) is 10.6 Å². The maximum atomic E-state index is 8.44. The molecule has 1 aromatic heterocycles. The van der Waals surface area contributed by atoms with E-state index in [0.717, 1.165) is 5.76 Å². The predicted octanol–water partition coefficient (Wildman–Crippen LogP) is 0.0649. The van der Waals surface area contributed by atoms with Crippen molar-refractivity contribution >= 4 is 0 Å². The SMILES string of the molecule is Cc1ncc(CNCCO)o1. The molecule has 0 spiro atoms. The molecule has 0 saturated heterocycles. The van der Waals surface area contributed by atoms with Crippen molar-refractivity contribution in [1.29, 1.82) is 0 Å². The van der Waals surface area contributed by atoms with Gasteiger partial charge in [0.25, 0.3) is 0 Å². The van der Waals surface area contributed by atoms with Crippen molar-refractivity contribution < 1.29 is 9.52 Å². The molecular weight excluding hydrogens is 144 g/mol. The van der Waals surface area contributed by atoms with Crippen LogP contribution < -0.4 is 5.32 Å². The average Bonchev–Trinajstić information content (AvgIpc) is 2.37. The summed E-state index contributed by atoms with van der Waals surface area (Å²) in [5, 5.41) is 11.4. The van der Waals surface area contributed by atoms with Crippen molar-refractivity contribution in [1.82, 2.24) is 10.3 Å². The summed E-state index contributed by atoms with van der Waals surface area (Å²) in [4.78, 5) is 3.93. The number of aliphatic hydroxyl groups is 1. The molecule has 0 aliphatic rings. The summed E-state index contributed by atoms with van der Waals surface area (Å²) in [5.41, 5.74) is 0. The normalized spacial score (nSPS) is 10.4. The number of nitrogens with one attached hydrogen (secondary N) is 1. The highest BCUT2D eigenvalue weighted by atomic mass is 16.4. The Bertz CT molecular complexity index is 210. The summed E-state index contributed by atoms with van der Waals surface area (Å²) in [5.74, 6) is 1.47. The summed E-state index contributed by atoms with van der Waals surface area (Å²) in [7, 11) is 0. The van der Waals surface area contributed by atoms with Crippen LogP contribution in [0.25, 0.3) is 0 Å². The molecule has 62 valence electrons. The predicted molar refractivity (Wildman–Crippen MR) is 40.0 cm³/mol. The van der Waals surface area contributed by atoms with Gasteiger partial charge in [0, 0.05) is 13.5 Å². The summed E-state index contributed by atoms with van der Waals surface area (Å²) < 4.78 is 5.17. The summed E-state index contributed by atoms with van der Waals surface area (Å²) in [6.45, 7) is 3.16. The Balaban J connectivity index is 2.27. The number of oxazole rings is 1. The van der Waals surface area contributed by atoms with Gasteiger partial charge in [-0.05, 0) is 0 Å². The lowest BCUT2D eigenvalue weighted by molar-refractivity contribution is 0.289. The molecule has 4 nitrogen and oxygen atoms in total. The number of aryl methyl sites for hydroxylation is 1. The molecule has 1 rings (SSSR count). The van der Waals surface area contributed by atoms with Gasteiger partial charge >= 0.3 is 0 Å². The Labute approximate surface area is 65.2 Å². The van der Waals surface area contributed by atoms with Crippen LogP contribution in [0.1, 0.15) is 11.7 Å². The van der Waals surface area contributed by atoms with Crippen LogP contribution in [-0.4, -0.2) is 23.2 Å². The Kier molecular flexibility index (Phi) is 3.07. The van der Waals surface area contributed by atoms with Crippen LogP contribution in [0.2, 0.25) is 0 Å². The first-order valence-electron chi connectivity index (χ1n) is 3.56. The van der Waals surface area contributed by atoms with Crippen LogP contribution in [0.4, 0.5) is 0 Å². The maximum Gasteiger partial charge on any atom is 0.191 e. The molecular formula is C7H12N2O2. The van der Waals surface area contributed by atoms with E-state index in [1.165, 1.54) is 0 Å². The van der Waals surface area contributed by atoms with Gasteiger partial charge in [-0.25, -0.2) is 4.98 Å². The van der Waals surface area contributed by atoms with Gasteiger partial charge in [0.15, 0.2) is 5.89 Å². The Hall–Kier alpha value is -0.870. The van der Waals surface area contributed by atoms with Crippen LogP contribution in [0.3, 0.4) is 0 Å². The van der Waals surface area contributed by atoms with E-state index in [0.29, 0.717) is 19.0 Å². The zero-order chi connectivity index (χ0) is 8.10. The second-order valence-electron chi connectivity index (χ2n) is 2.25. The second kappa shape index (κ2) is 4.10. The van der Waals surface area contributed by atoms with E-state index in [4.69, 9.17) is 9.52 Å². The second-order valence-corrected chi connectivity index (χ2v) is 2.25. The highest BCUT2D eigenvalue weighted by Gasteiger charge is 1.97. The minimum Gasteiger partial charge on any atom is -0.445 e. The van der Waals surface area contributed by atoms with Gasteiger partial charge in [-0.1, -0.05) is 0 Å². The van der Waals surface area contributed by atoms with Gasteiger partial charge < -0.3 is 14.8 Å². The molecule has 11 heavy (non-hydrogen) atoms. The number of aromatic nitrogens is 1. The third-order valence-corrected chi connectivity index (χ3v) is 1.26. The van der Waals surface area contributed by atoms with E-state index in [-0.39, 0.29) is 6.61 Å². The third kappa shape index (κ3) is 2.69. The number of aliphatic hydroxyl groups excluding tert-OH is 1. The Morgan fingerprint density at radius 2 is 2.55 bits per heavy atom. The van der Waals surface area contributed by atoms with Gasteiger partial charge in [-0.3, -0.25) is 0 Å². The molecule has 0 atom stereocenters. The van der Waals surface area contributed by atoms with Crippen LogP contribution in [0, 0.1) is 6.92 Å². The zero-order valence-electron chi connectivity index (χ0n) is 6.50. The lowest BCUT2D eigenvalue weighted by Gasteiger charge is -1.96. The quantitative estimate of drug-likeness (QED) is 0.605. The van der Waals surface area contributed by atoms with Crippen molar-refractivity contribution in [2.24, 2.45) is 0 Å². The van der Waals surface area contributed by atoms with Crippen molar-refractivity contribution in [3.63, 3.8) is 0 Å². The lowest BCUT2D eigenvalue weighted by atomic mass is 10.5. The number of hydrogen-bond donors (Lipinski definition) is 2. The Morgan fingerprint density at radius 3 is 3.09 bits per heavy atom. The smallest absolute Gasteiger partial charge is 0.191 e. The number of nitrogens with zero attached hydrogens (tertiary/aromatic N) is 1. The fraction of sp³-hybridized carbons (Fsp3) is 0.571. The first-order valence-corrected chi connectivity index (χ1v) is 3.56. The fourth-order valence-corrected chi connectivity index (χ4v) is 0.778. The molecule has 4 heteroatoms. The van der Waals surface area contributed by atoms with E-state index in [2.05, 4.69) is 10.3 Å². The minimum absolute atomic E-state index is 0.146. The zero-order valence-corrected chi connectivity index (χ0v) is 6.50. The van der Waals surface area contributed by atoms with E-state index in [9.17, 15) is 0 Å². The van der Waals surface area contributed by atoms with Crippen molar-refractivity contribution in [3.05, 3.63) is 17.8 Å². The standard InChI is InChI=1S/C7H12N2O2/c1-6-9-5-7(11-6)4-8-2-3-10/h5,8,10H,2-4H2,1H3. The van der Waals surface area contributed by atoms with E-state index < -0.39 is 0 Å². The third-order valence-electron chi connectivity index (χ3n) is 1.26. The monoisotopic (exact) mass is 156 g/mol. The van der Waals surface area contributed by atoms with Gasteiger partial charge in [-0.15, -0.1) is 0 Å². The molecule has 0 bridgehead atoms. The van der Waals surface area contributed by atoms with Crippen LogP contribution >= 0.6 is 0 Å². The summed E-state index contributed by atoms with van der Waals surface area (Å²) >= 11 is 0. The summed E-state index contributed by atoms with van der Waals surface area (Å²) in [6.07, 6.45) is 1.68. The van der Waals surface area contributed by atoms with Crippen molar-refractivity contribution in [2.75, 3.05) is 13.2 Å². The van der Waals surface area contributed by atoms with Crippen LogP contribution in [-0.2, 0) is 6.54 Å². The van der Waals surface area contributed by atoms with E-state index in [1.54, 1.807) is 13.1 Å². The first kappa shape index (κ1) is 8.23. The van der Waals surface area contributed by atoms with Gasteiger partial charge in [-0.2, -0.15) is 0 Å². The van der Waals surface area contributed by atoms with Crippen molar-refractivity contribution in [3.8, 4) is 0 Å². The van der Waals surface area contributed by atoms with E-state index in [1.807, 2.05) is 0 Å². The molecule has 1 aromatic rings. The fourth-order valence-electron chi connectivity index (χ4n) is 0.778. The Morgan fingerprint density at radius 1 is 1.73 bits per heavy atom. The molecule has 0 unspecified atom stereocenters. The largest absolute Gasteiger partial charge is 0.445 e. The molecule has 0 fully saturated rings. The molecule has 2 N–H and O–H groups in total. The first-order chi connectivity index (χ1) is 5.33. The molecule has 0 saturated carbocycles. The molecule has 0 aromatic carbocycles. The maximum absolute atomic E-state index is 8.44. The molecule has 0 radical (unpaired) electrons. The van der Waals surface area contributed by atoms with E-state index >= 15 is 0 Å². The lowest BCUT2D eigenvalue weighted by Crippen LogP contribution is -2.16. The number of rotatable bonds is 4. The van der Waals surface area contributed by atoms with Crippen molar-refractivity contribution in [2.45, 2.75) is 13.5 Å². The molecule has 1 heterocycles. The summed E-state index contributed by atoms with van der Waals surface area (Å²) in [6, 6.07) is 0.